The van der Waals surface area contributed by atoms with Gasteiger partial charge in [0.2, 0.25) is 0 Å². The van der Waals surface area contributed by atoms with Crippen LogP contribution in [0.1, 0.15) is 57.1 Å². The van der Waals surface area contributed by atoms with E-state index in [1.54, 1.807) is 25.1 Å². The van der Waals surface area contributed by atoms with Gasteiger partial charge >= 0.3 is 5.97 Å². The fourth-order valence-corrected chi connectivity index (χ4v) is 4.16. The van der Waals surface area contributed by atoms with Gasteiger partial charge in [0.05, 0.1) is 29.9 Å². The van der Waals surface area contributed by atoms with Gasteiger partial charge in [0, 0.05) is 5.92 Å². The van der Waals surface area contributed by atoms with E-state index in [0.717, 1.165) is 23.2 Å². The Morgan fingerprint density at radius 3 is 2.67 bits per heavy atom. The van der Waals surface area contributed by atoms with Gasteiger partial charge in [-0.25, -0.2) is 4.79 Å². The van der Waals surface area contributed by atoms with E-state index in [4.69, 9.17) is 4.74 Å². The van der Waals surface area contributed by atoms with E-state index in [-0.39, 0.29) is 23.5 Å². The molecule has 5 nitrogen and oxygen atoms in total. The Morgan fingerprint density at radius 2 is 1.96 bits per heavy atom. The minimum absolute atomic E-state index is 0.0242. The van der Waals surface area contributed by atoms with Gasteiger partial charge in [-0.05, 0) is 42.0 Å². The van der Waals surface area contributed by atoms with Crippen molar-refractivity contribution in [2.24, 2.45) is 5.92 Å². The molecule has 0 amide bonds. The molecule has 0 saturated heterocycles. The van der Waals surface area contributed by atoms with Gasteiger partial charge in [0.15, 0.2) is 0 Å². The summed E-state index contributed by atoms with van der Waals surface area (Å²) in [4.78, 5) is 23.4. The topological polar surface area (TPSA) is 78.5 Å². The number of carbonyl (C=O) groups excluding carboxylic acids is 2. The van der Waals surface area contributed by atoms with Crippen molar-refractivity contribution in [3.05, 3.63) is 76.9 Å². The van der Waals surface area contributed by atoms with E-state index in [0.29, 0.717) is 18.1 Å². The maximum atomic E-state index is 12.4. The molecule has 2 aliphatic rings. The summed E-state index contributed by atoms with van der Waals surface area (Å²) >= 11 is 0. The average Bonchev–Trinajstić information content (AvgIpc) is 3.17. The van der Waals surface area contributed by atoms with Gasteiger partial charge in [-0.3, -0.25) is 0 Å². The van der Waals surface area contributed by atoms with Crippen LogP contribution in [0, 0.1) is 5.92 Å². The first-order valence-electron chi connectivity index (χ1n) is 9.14. The number of carbonyl (C=O) groups is 2. The number of aromatic carboxylic acids is 1. The largest absolute Gasteiger partial charge is 0.545 e. The molecule has 5 heteroatoms. The molecule has 0 aromatic heterocycles. The van der Waals surface area contributed by atoms with Crippen LogP contribution in [-0.2, 0) is 4.74 Å². The van der Waals surface area contributed by atoms with Crippen molar-refractivity contribution in [2.45, 2.75) is 25.3 Å². The van der Waals surface area contributed by atoms with E-state index < -0.39 is 5.97 Å². The van der Waals surface area contributed by atoms with Gasteiger partial charge in [-0.15, -0.1) is 0 Å². The van der Waals surface area contributed by atoms with Crippen molar-refractivity contribution in [1.82, 2.24) is 0 Å². The van der Waals surface area contributed by atoms with E-state index in [2.05, 4.69) is 17.5 Å². The van der Waals surface area contributed by atoms with Gasteiger partial charge in [0.1, 0.15) is 0 Å². The molecule has 1 aliphatic carbocycles. The third kappa shape index (κ3) is 2.99. The molecule has 4 rings (SSSR count). The van der Waals surface area contributed by atoms with Crippen molar-refractivity contribution in [2.75, 3.05) is 11.9 Å². The lowest BCUT2D eigenvalue weighted by molar-refractivity contribution is -0.255. The zero-order valence-electron chi connectivity index (χ0n) is 15.0. The second kappa shape index (κ2) is 6.91. The molecule has 0 unspecified atom stereocenters. The molecule has 2 aromatic rings. The summed E-state index contributed by atoms with van der Waals surface area (Å²) in [6.45, 7) is 2.11. The van der Waals surface area contributed by atoms with Crippen LogP contribution in [0.4, 0.5) is 5.69 Å². The van der Waals surface area contributed by atoms with Crippen molar-refractivity contribution >= 4 is 17.6 Å². The monoisotopic (exact) mass is 362 g/mol. The Labute approximate surface area is 157 Å². The quantitative estimate of drug-likeness (QED) is 0.668. The van der Waals surface area contributed by atoms with Crippen molar-refractivity contribution in [3.8, 4) is 0 Å². The Hall–Kier alpha value is -3.08. The number of ether oxygens (including phenoxy) is 1. The number of rotatable bonds is 4. The Bertz CT molecular complexity index is 916. The first-order chi connectivity index (χ1) is 13.1. The van der Waals surface area contributed by atoms with Crippen LogP contribution in [-0.4, -0.2) is 18.5 Å². The van der Waals surface area contributed by atoms with Crippen molar-refractivity contribution in [1.29, 1.82) is 0 Å². The number of nitrogens with one attached hydrogen (secondary N) is 1. The minimum atomic E-state index is -1.19. The standard InChI is InChI=1S/C22H21NO4/c1-2-27-22(26)18-8-4-7-17-15-5-3-6-16(15)19(23-20(17)18)13-9-11-14(12-10-13)21(24)25/h3-5,7-12,15-16,19,23H,2,6H2,1H3,(H,24,25)/p-1/t15-,16-,19-/m0/s1. The predicted octanol–water partition coefficient (Wildman–Crippen LogP) is 3.05. The zero-order valence-corrected chi connectivity index (χ0v) is 15.0. The molecule has 2 aromatic carbocycles. The molecule has 3 atom stereocenters. The summed E-state index contributed by atoms with van der Waals surface area (Å²) in [5, 5.41) is 14.6. The van der Waals surface area contributed by atoms with Crippen LogP contribution in [0.15, 0.2) is 54.6 Å². The van der Waals surface area contributed by atoms with Gasteiger partial charge < -0.3 is 20.0 Å². The fourth-order valence-electron chi connectivity index (χ4n) is 4.16. The normalized spacial score (nSPS) is 22.5. The molecule has 0 fully saturated rings. The van der Waals surface area contributed by atoms with Crippen molar-refractivity contribution in [3.63, 3.8) is 0 Å². The lowest BCUT2D eigenvalue weighted by Crippen LogP contribution is -2.30. The van der Waals surface area contributed by atoms with E-state index >= 15 is 0 Å². The molecule has 0 spiro atoms. The third-order valence-electron chi connectivity index (χ3n) is 5.40. The van der Waals surface area contributed by atoms with Crippen LogP contribution in [0.2, 0.25) is 0 Å². The van der Waals surface area contributed by atoms with Crippen molar-refractivity contribution < 1.29 is 19.4 Å². The van der Waals surface area contributed by atoms with Crippen LogP contribution in [0.5, 0.6) is 0 Å². The number of allylic oxidation sites excluding steroid dienone is 2. The highest BCUT2D eigenvalue weighted by atomic mass is 16.5. The number of fused-ring (bicyclic) bond motifs is 3. The predicted molar refractivity (Wildman–Crippen MR) is 99.5 cm³/mol. The van der Waals surface area contributed by atoms with E-state index in [1.807, 2.05) is 24.3 Å². The maximum absolute atomic E-state index is 12.4. The zero-order chi connectivity index (χ0) is 19.0. The van der Waals surface area contributed by atoms with Crippen LogP contribution in [0.25, 0.3) is 0 Å². The molecule has 0 radical (unpaired) electrons. The Kier molecular flexibility index (Phi) is 4.44. The first kappa shape index (κ1) is 17.3. The number of hydrogen-bond acceptors (Lipinski definition) is 5. The third-order valence-corrected chi connectivity index (χ3v) is 5.40. The molecule has 138 valence electrons. The van der Waals surface area contributed by atoms with E-state index in [9.17, 15) is 14.7 Å². The number of benzene rings is 2. The lowest BCUT2D eigenvalue weighted by atomic mass is 9.76. The summed E-state index contributed by atoms with van der Waals surface area (Å²) in [6.07, 6.45) is 5.29. The summed E-state index contributed by atoms with van der Waals surface area (Å²) in [7, 11) is 0. The average molecular weight is 362 g/mol. The van der Waals surface area contributed by atoms with Gasteiger partial charge in [0.25, 0.3) is 0 Å². The Morgan fingerprint density at radius 1 is 1.19 bits per heavy atom. The smallest absolute Gasteiger partial charge is 0.340 e. The fraction of sp³-hybridized carbons (Fsp3) is 0.273. The molecule has 0 bridgehead atoms. The highest BCUT2D eigenvalue weighted by Crippen LogP contribution is 2.50. The SMILES string of the molecule is CCOC(=O)c1cccc2c1N[C@@H](c1ccc(C(=O)[O-])cc1)[C@H]1CC=C[C@H]21. The summed E-state index contributed by atoms with van der Waals surface area (Å²) in [6, 6.07) is 12.5. The van der Waals surface area contributed by atoms with Crippen LogP contribution in [0.3, 0.4) is 0 Å². The number of hydrogen-bond donors (Lipinski definition) is 1. The highest BCUT2D eigenvalue weighted by molar-refractivity contribution is 5.97. The molecular weight excluding hydrogens is 342 g/mol. The lowest BCUT2D eigenvalue weighted by Gasteiger charge is -2.38. The summed E-state index contributed by atoms with van der Waals surface area (Å²) in [5.74, 6) is -1.01. The molecule has 27 heavy (non-hydrogen) atoms. The second-order valence-corrected chi connectivity index (χ2v) is 6.88. The highest BCUT2D eigenvalue weighted by Gasteiger charge is 2.39. The Balaban J connectivity index is 1.75. The molecule has 0 saturated carbocycles. The van der Waals surface area contributed by atoms with E-state index in [1.165, 1.54) is 0 Å². The second-order valence-electron chi connectivity index (χ2n) is 6.88. The van der Waals surface area contributed by atoms with Crippen LogP contribution >= 0.6 is 0 Å². The van der Waals surface area contributed by atoms with Gasteiger partial charge in [-0.2, -0.15) is 0 Å². The summed E-state index contributed by atoms with van der Waals surface area (Å²) < 4.78 is 5.22. The molecule has 1 aliphatic heterocycles. The molecule has 1 N–H and O–H groups in total. The minimum Gasteiger partial charge on any atom is -0.545 e. The number of esters is 1. The van der Waals surface area contributed by atoms with Crippen LogP contribution < -0.4 is 10.4 Å². The van der Waals surface area contributed by atoms with Gasteiger partial charge in [-0.1, -0.05) is 48.6 Å². The number of carboxylic acid groups (broad SMARTS) is 1. The summed E-state index contributed by atoms with van der Waals surface area (Å²) in [5.41, 5.74) is 3.58. The maximum Gasteiger partial charge on any atom is 0.340 e. The number of para-hydroxylation sites is 1. The number of anilines is 1. The molecule has 1 heterocycles. The number of carboxylic acids is 1. The first-order valence-corrected chi connectivity index (χ1v) is 9.14. The molecular formula is C22H20NO4-.